The van der Waals surface area contributed by atoms with Crippen molar-refractivity contribution in [3.63, 3.8) is 0 Å². The second-order valence-corrected chi connectivity index (χ2v) is 13.7. The van der Waals surface area contributed by atoms with Gasteiger partial charge in [-0.2, -0.15) is 9.97 Å². The molecule has 2 amide bonds. The van der Waals surface area contributed by atoms with Gasteiger partial charge in [-0.15, -0.1) is 0 Å². The van der Waals surface area contributed by atoms with Gasteiger partial charge in [0.1, 0.15) is 29.4 Å². The predicted molar refractivity (Wildman–Crippen MR) is 171 cm³/mol. The van der Waals surface area contributed by atoms with Gasteiger partial charge in [-0.25, -0.2) is 23.4 Å². The molecule has 6 rings (SSSR count). The highest BCUT2D eigenvalue weighted by molar-refractivity contribution is 7.22. The first-order valence-electron chi connectivity index (χ1n) is 14.6. The Morgan fingerprint density at radius 2 is 1.93 bits per heavy atom. The van der Waals surface area contributed by atoms with E-state index in [9.17, 15) is 19.1 Å². The Bertz CT molecular complexity index is 1850. The Morgan fingerprint density at radius 3 is 2.61 bits per heavy atom. The maximum absolute atomic E-state index is 16.7. The maximum Gasteiger partial charge on any atom is 0.413 e. The van der Waals surface area contributed by atoms with Crippen molar-refractivity contribution in [1.29, 1.82) is 0 Å². The van der Waals surface area contributed by atoms with Crippen LogP contribution in [0.15, 0.2) is 18.2 Å². The molecule has 2 aromatic carbocycles. The first-order valence-corrected chi connectivity index (χ1v) is 15.8. The summed E-state index contributed by atoms with van der Waals surface area (Å²) >= 11 is 7.59. The molecule has 244 valence electrons. The molecule has 2 aromatic heterocycles. The van der Waals surface area contributed by atoms with Crippen LogP contribution in [-0.4, -0.2) is 93.0 Å². The molecule has 4 heterocycles. The van der Waals surface area contributed by atoms with Crippen LogP contribution in [0.25, 0.3) is 32.2 Å². The van der Waals surface area contributed by atoms with Gasteiger partial charge < -0.3 is 29.7 Å². The van der Waals surface area contributed by atoms with Crippen molar-refractivity contribution in [3.05, 3.63) is 34.9 Å². The quantitative estimate of drug-likeness (QED) is 0.201. The third kappa shape index (κ3) is 6.44. The minimum absolute atomic E-state index is 0.0127. The molecular formula is C30H32ClF2N7O5S. The largest absolute Gasteiger partial charge is 0.465 e. The number of rotatable bonds is 7. The molecule has 2 saturated heterocycles. The number of likely N-dealkylation sites (N-methyl/N-ethyl adjacent to an activating group) is 1. The number of thiazole rings is 1. The van der Waals surface area contributed by atoms with E-state index in [-0.39, 0.29) is 79.4 Å². The third-order valence-corrected chi connectivity index (χ3v) is 9.08. The number of halogens is 3. The van der Waals surface area contributed by atoms with Crippen LogP contribution in [0.2, 0.25) is 5.02 Å². The maximum atomic E-state index is 16.7. The lowest BCUT2D eigenvalue weighted by Gasteiger charge is -2.37. The van der Waals surface area contributed by atoms with E-state index < -0.39 is 29.4 Å². The van der Waals surface area contributed by atoms with Crippen LogP contribution in [0.4, 0.5) is 29.3 Å². The first-order chi connectivity index (χ1) is 21.8. The molecular weight excluding hydrogens is 644 g/mol. The van der Waals surface area contributed by atoms with Gasteiger partial charge in [-0.1, -0.05) is 22.9 Å². The number of nitrogens with zero attached hydrogens (tertiary/aromatic N) is 5. The van der Waals surface area contributed by atoms with Crippen molar-refractivity contribution in [3.8, 4) is 17.1 Å². The normalized spacial score (nSPS) is 17.4. The molecule has 4 aromatic rings. The molecule has 0 saturated carbocycles. The number of hydrogen-bond acceptors (Lipinski definition) is 10. The van der Waals surface area contributed by atoms with Crippen LogP contribution in [0.3, 0.4) is 0 Å². The topological polar surface area (TPSA) is 142 Å². The Morgan fingerprint density at radius 1 is 1.17 bits per heavy atom. The monoisotopic (exact) mass is 675 g/mol. The number of ether oxygens (including phenoxy) is 2. The summed E-state index contributed by atoms with van der Waals surface area (Å²) < 4.78 is 42.9. The smallest absolute Gasteiger partial charge is 0.413 e. The fourth-order valence-corrected chi connectivity index (χ4v) is 6.67. The van der Waals surface area contributed by atoms with Gasteiger partial charge in [0.2, 0.25) is 0 Å². The number of aromatic nitrogens is 3. The van der Waals surface area contributed by atoms with E-state index >= 15 is 4.39 Å². The summed E-state index contributed by atoms with van der Waals surface area (Å²) in [4.78, 5) is 40.4. The second kappa shape index (κ2) is 12.3. The van der Waals surface area contributed by atoms with E-state index in [0.717, 1.165) is 30.7 Å². The number of benzene rings is 2. The molecule has 12 nitrogen and oxygen atoms in total. The van der Waals surface area contributed by atoms with Crippen LogP contribution >= 0.6 is 22.9 Å². The third-order valence-electron chi connectivity index (χ3n) is 7.80. The highest BCUT2D eigenvalue weighted by Gasteiger charge is 2.32. The lowest BCUT2D eigenvalue weighted by Crippen LogP contribution is -2.56. The Kier molecular flexibility index (Phi) is 8.50. The standard InChI is InChI=1S/C30H32ClF2N7O5S/c1-30(2,3)45-28(41)38-27-36-23-16(7-8-19(32)24(23)46-27)20-18(31)10-17-22(21(20)33)35-26(44-13-15-6-5-9-39(15)4)37-25(17)34-14-11-40(12-14)29(42)43/h7-8,10,14-15H,5-6,9,11-13H2,1-4H3,(H,42,43)(H,34,35,37)(H,36,38,41)/t15-/m0/s1. The van der Waals surface area contributed by atoms with Crippen LogP contribution in [-0.2, 0) is 4.74 Å². The molecule has 2 aliphatic rings. The lowest BCUT2D eigenvalue weighted by atomic mass is 10.0. The van der Waals surface area contributed by atoms with Crippen molar-refractivity contribution in [1.82, 2.24) is 24.8 Å². The van der Waals surface area contributed by atoms with E-state index in [2.05, 4.69) is 30.5 Å². The highest BCUT2D eigenvalue weighted by atomic mass is 35.5. The second-order valence-electron chi connectivity index (χ2n) is 12.3. The number of amides is 2. The van der Waals surface area contributed by atoms with Crippen LogP contribution in [0, 0.1) is 11.6 Å². The zero-order chi connectivity index (χ0) is 32.9. The van der Waals surface area contributed by atoms with Crippen LogP contribution < -0.4 is 15.4 Å². The van der Waals surface area contributed by atoms with Gasteiger partial charge in [-0.05, 0) is 65.4 Å². The first kappa shape index (κ1) is 31.9. The summed E-state index contributed by atoms with van der Waals surface area (Å²) in [6, 6.07) is 3.87. The average Bonchev–Trinajstić information content (AvgIpc) is 3.55. The molecule has 0 aliphatic carbocycles. The number of carboxylic acid groups (broad SMARTS) is 1. The zero-order valence-corrected chi connectivity index (χ0v) is 27.1. The summed E-state index contributed by atoms with van der Waals surface area (Å²) in [7, 11) is 2.00. The fourth-order valence-electron chi connectivity index (χ4n) is 5.50. The molecule has 46 heavy (non-hydrogen) atoms. The Hall–Kier alpha value is -4.08. The van der Waals surface area contributed by atoms with Gasteiger partial charge in [0, 0.05) is 35.6 Å². The van der Waals surface area contributed by atoms with Crippen molar-refractivity contribution < 1.29 is 33.0 Å². The van der Waals surface area contributed by atoms with Crippen LogP contribution in [0.1, 0.15) is 33.6 Å². The van der Waals surface area contributed by atoms with Gasteiger partial charge in [0.15, 0.2) is 10.9 Å². The number of anilines is 2. The summed E-state index contributed by atoms with van der Waals surface area (Å²) in [6.07, 6.45) is 0.168. The van der Waals surface area contributed by atoms with E-state index in [0.29, 0.717) is 6.61 Å². The van der Waals surface area contributed by atoms with Gasteiger partial charge in [0.25, 0.3) is 0 Å². The molecule has 2 fully saturated rings. The molecule has 0 unspecified atom stereocenters. The SMILES string of the molecule is CN1CCC[C@H]1COc1nc(NC2CN(C(=O)O)C2)c2cc(Cl)c(-c3ccc(F)c4sc(NC(=O)OC(C)(C)C)nc34)c(F)c2n1. The molecule has 1 atom stereocenters. The van der Waals surface area contributed by atoms with Gasteiger partial charge in [-0.3, -0.25) is 5.32 Å². The van der Waals surface area contributed by atoms with Crippen LogP contribution in [0.5, 0.6) is 6.01 Å². The molecule has 0 spiro atoms. The molecule has 3 N–H and O–H groups in total. The Labute approximate surface area is 271 Å². The zero-order valence-electron chi connectivity index (χ0n) is 25.5. The van der Waals surface area contributed by atoms with Crippen molar-refractivity contribution >= 4 is 67.2 Å². The van der Waals surface area contributed by atoms with Crippen molar-refractivity contribution in [2.45, 2.75) is 51.3 Å². The summed E-state index contributed by atoms with van der Waals surface area (Å²) in [5.41, 5.74) is -0.652. The summed E-state index contributed by atoms with van der Waals surface area (Å²) in [6.45, 7) is 6.79. The number of fused-ring (bicyclic) bond motifs is 2. The minimum Gasteiger partial charge on any atom is -0.465 e. The Balaban J connectivity index is 1.41. The highest BCUT2D eigenvalue weighted by Crippen LogP contribution is 2.43. The molecule has 16 heteroatoms. The predicted octanol–water partition coefficient (Wildman–Crippen LogP) is 6.43. The van der Waals surface area contributed by atoms with Gasteiger partial charge in [0.05, 0.1) is 21.3 Å². The summed E-state index contributed by atoms with van der Waals surface area (Å²) in [5, 5.41) is 15.3. The number of carbonyl (C=O) groups is 2. The molecule has 0 radical (unpaired) electrons. The van der Waals surface area contributed by atoms with E-state index in [1.165, 1.54) is 23.1 Å². The minimum atomic E-state index is -1.04. The van der Waals surface area contributed by atoms with Crippen molar-refractivity contribution in [2.75, 3.05) is 43.9 Å². The number of likely N-dealkylation sites (tertiary alicyclic amines) is 2. The van der Waals surface area contributed by atoms with Gasteiger partial charge >= 0.3 is 18.2 Å². The van der Waals surface area contributed by atoms with Crippen molar-refractivity contribution in [2.24, 2.45) is 0 Å². The fraction of sp³-hybridized carbons (Fsp3) is 0.433. The average molecular weight is 676 g/mol. The number of hydrogen-bond donors (Lipinski definition) is 3. The number of carbonyl (C=O) groups excluding carboxylic acids is 1. The summed E-state index contributed by atoms with van der Waals surface area (Å²) in [5.74, 6) is -1.17. The number of nitrogens with one attached hydrogen (secondary N) is 2. The lowest BCUT2D eigenvalue weighted by molar-refractivity contribution is 0.0635. The van der Waals surface area contributed by atoms with E-state index in [4.69, 9.17) is 21.1 Å². The van der Waals surface area contributed by atoms with E-state index in [1.807, 2.05) is 7.05 Å². The van der Waals surface area contributed by atoms with E-state index in [1.54, 1.807) is 20.8 Å². The molecule has 0 bridgehead atoms. The molecule has 2 aliphatic heterocycles.